The average Bonchev–Trinajstić information content (AvgIpc) is 2.60. The van der Waals surface area contributed by atoms with Gasteiger partial charge < -0.3 is 15.0 Å². The highest BCUT2D eigenvalue weighted by Gasteiger charge is 2.18. The average molecular weight is 343 g/mol. The molecule has 8 nitrogen and oxygen atoms in total. The molecule has 0 bridgehead atoms. The number of nitrogens with one attached hydrogen (secondary N) is 1. The number of carbonyl (C=O) groups is 2. The molecule has 130 valence electrons. The Balaban J connectivity index is 2.26. The molecular weight excluding hydrogens is 326 g/mol. The van der Waals surface area contributed by atoms with Crippen molar-refractivity contribution in [2.75, 3.05) is 26.5 Å². The molecule has 8 heteroatoms. The van der Waals surface area contributed by atoms with Crippen LogP contribution in [0.25, 0.3) is 0 Å². The summed E-state index contributed by atoms with van der Waals surface area (Å²) >= 11 is 0. The minimum Gasteiger partial charge on any atom is -0.490 e. The van der Waals surface area contributed by atoms with E-state index in [1.165, 1.54) is 30.2 Å². The van der Waals surface area contributed by atoms with Gasteiger partial charge in [0.2, 0.25) is 0 Å². The first-order valence-corrected chi connectivity index (χ1v) is 7.29. The fourth-order valence-corrected chi connectivity index (χ4v) is 2.17. The fourth-order valence-electron chi connectivity index (χ4n) is 2.17. The number of hydrogen-bond acceptors (Lipinski definition) is 5. The molecule has 25 heavy (non-hydrogen) atoms. The van der Waals surface area contributed by atoms with Crippen LogP contribution in [0.2, 0.25) is 0 Å². The minimum atomic E-state index is -0.619. The van der Waals surface area contributed by atoms with Crippen LogP contribution in [0, 0.1) is 10.1 Å². The third kappa shape index (κ3) is 4.11. The highest BCUT2D eigenvalue weighted by molar-refractivity contribution is 6.05. The summed E-state index contributed by atoms with van der Waals surface area (Å²) in [4.78, 5) is 36.2. The number of nitrogens with zero attached hydrogens (tertiary/aromatic N) is 2. The molecule has 0 heterocycles. The van der Waals surface area contributed by atoms with Crippen LogP contribution in [0.15, 0.2) is 42.5 Å². The van der Waals surface area contributed by atoms with Gasteiger partial charge in [0.25, 0.3) is 11.8 Å². The van der Waals surface area contributed by atoms with E-state index in [4.69, 9.17) is 4.74 Å². The van der Waals surface area contributed by atoms with E-state index in [-0.39, 0.29) is 22.9 Å². The first-order chi connectivity index (χ1) is 11.8. The van der Waals surface area contributed by atoms with Gasteiger partial charge in [-0.3, -0.25) is 19.7 Å². The Morgan fingerprint density at radius 2 is 1.84 bits per heavy atom. The molecule has 0 radical (unpaired) electrons. The first-order valence-electron chi connectivity index (χ1n) is 7.29. The van der Waals surface area contributed by atoms with Crippen molar-refractivity contribution in [3.63, 3.8) is 0 Å². The molecule has 0 fully saturated rings. The lowest BCUT2D eigenvalue weighted by molar-refractivity contribution is -0.385. The Hall–Kier alpha value is -3.42. The van der Waals surface area contributed by atoms with Crippen molar-refractivity contribution >= 4 is 23.2 Å². The number of nitro benzene ring substituents is 1. The van der Waals surface area contributed by atoms with Gasteiger partial charge in [0, 0.05) is 37.0 Å². The number of benzene rings is 2. The van der Waals surface area contributed by atoms with Crippen LogP contribution in [0.5, 0.6) is 5.75 Å². The zero-order chi connectivity index (χ0) is 18.6. The number of ether oxygens (including phenoxy) is 1. The van der Waals surface area contributed by atoms with E-state index in [2.05, 4.69) is 5.32 Å². The minimum absolute atomic E-state index is 0.0696. The number of carbonyl (C=O) groups excluding carboxylic acids is 2. The van der Waals surface area contributed by atoms with Gasteiger partial charge >= 0.3 is 5.69 Å². The number of hydrogen-bond donors (Lipinski definition) is 1. The molecule has 2 rings (SSSR count). The molecular formula is C17H17N3O5. The van der Waals surface area contributed by atoms with Gasteiger partial charge in [-0.15, -0.1) is 0 Å². The predicted molar refractivity (Wildman–Crippen MR) is 92.1 cm³/mol. The van der Waals surface area contributed by atoms with Crippen LogP contribution >= 0.6 is 0 Å². The van der Waals surface area contributed by atoms with Gasteiger partial charge in [0.1, 0.15) is 0 Å². The lowest BCUT2D eigenvalue weighted by atomic mass is 10.1. The maximum atomic E-state index is 12.3. The Labute approximate surface area is 144 Å². The zero-order valence-electron chi connectivity index (χ0n) is 14.0. The summed E-state index contributed by atoms with van der Waals surface area (Å²) in [6, 6.07) is 10.4. The lowest BCUT2D eigenvalue weighted by Crippen LogP contribution is -2.22. The smallest absolute Gasteiger partial charge is 0.311 e. The van der Waals surface area contributed by atoms with E-state index in [0.717, 1.165) is 6.07 Å². The quantitative estimate of drug-likeness (QED) is 0.664. The van der Waals surface area contributed by atoms with E-state index in [1.807, 2.05) is 0 Å². The standard InChI is InChI=1S/C17H17N3O5/c1-19(2)17(22)12-5-4-6-13(9-12)18-16(21)11-7-8-15(25-3)14(10-11)20(23)24/h4-10H,1-3H3,(H,18,21). The second-order valence-electron chi connectivity index (χ2n) is 5.38. The summed E-state index contributed by atoms with van der Waals surface area (Å²) in [6.07, 6.45) is 0. The van der Waals surface area contributed by atoms with Crippen molar-refractivity contribution < 1.29 is 19.2 Å². The van der Waals surface area contributed by atoms with Crippen molar-refractivity contribution in [1.29, 1.82) is 0 Å². The zero-order valence-corrected chi connectivity index (χ0v) is 14.0. The van der Waals surface area contributed by atoms with Crippen molar-refractivity contribution in [2.24, 2.45) is 0 Å². The van der Waals surface area contributed by atoms with Crippen LogP contribution in [-0.2, 0) is 0 Å². The summed E-state index contributed by atoms with van der Waals surface area (Å²) in [5.41, 5.74) is 0.642. The third-order valence-corrected chi connectivity index (χ3v) is 3.41. The molecule has 0 aliphatic heterocycles. The maximum absolute atomic E-state index is 12.3. The Morgan fingerprint density at radius 1 is 1.12 bits per heavy atom. The maximum Gasteiger partial charge on any atom is 0.311 e. The number of amides is 2. The van der Waals surface area contributed by atoms with Crippen LogP contribution in [0.1, 0.15) is 20.7 Å². The summed E-state index contributed by atoms with van der Waals surface area (Å²) in [5, 5.41) is 13.7. The molecule has 2 amide bonds. The van der Waals surface area contributed by atoms with Gasteiger partial charge in [-0.1, -0.05) is 6.07 Å². The Morgan fingerprint density at radius 3 is 2.44 bits per heavy atom. The number of rotatable bonds is 5. The molecule has 2 aromatic carbocycles. The molecule has 0 atom stereocenters. The van der Waals surface area contributed by atoms with Gasteiger partial charge in [-0.25, -0.2) is 0 Å². The molecule has 0 saturated carbocycles. The first kappa shape index (κ1) is 17.9. The number of anilines is 1. The van der Waals surface area contributed by atoms with Crippen molar-refractivity contribution in [3.05, 3.63) is 63.7 Å². The van der Waals surface area contributed by atoms with Crippen molar-refractivity contribution in [1.82, 2.24) is 4.90 Å². The number of nitro groups is 1. The van der Waals surface area contributed by atoms with E-state index >= 15 is 0 Å². The molecule has 0 aromatic heterocycles. The molecule has 0 saturated heterocycles. The molecule has 0 spiro atoms. The monoisotopic (exact) mass is 343 g/mol. The fraction of sp³-hybridized carbons (Fsp3) is 0.176. The largest absolute Gasteiger partial charge is 0.490 e. The highest BCUT2D eigenvalue weighted by Crippen LogP contribution is 2.27. The predicted octanol–water partition coefficient (Wildman–Crippen LogP) is 2.56. The summed E-state index contributed by atoms with van der Waals surface area (Å²) in [6.45, 7) is 0. The van der Waals surface area contributed by atoms with E-state index in [9.17, 15) is 19.7 Å². The summed E-state index contributed by atoms with van der Waals surface area (Å²) < 4.78 is 4.91. The molecule has 2 aromatic rings. The SMILES string of the molecule is COc1ccc(C(=O)Nc2cccc(C(=O)N(C)C)c2)cc1[N+](=O)[O-]. The topological polar surface area (TPSA) is 102 Å². The molecule has 0 aliphatic carbocycles. The second kappa shape index (κ2) is 7.43. The Kier molecular flexibility index (Phi) is 5.33. The van der Waals surface area contributed by atoms with E-state index < -0.39 is 10.8 Å². The van der Waals surface area contributed by atoms with Crippen LogP contribution in [-0.4, -0.2) is 42.8 Å². The molecule has 0 unspecified atom stereocenters. The van der Waals surface area contributed by atoms with Gasteiger partial charge in [-0.2, -0.15) is 0 Å². The van der Waals surface area contributed by atoms with Crippen LogP contribution in [0.4, 0.5) is 11.4 Å². The van der Waals surface area contributed by atoms with Gasteiger partial charge in [0.15, 0.2) is 5.75 Å². The Bertz CT molecular complexity index is 833. The number of methoxy groups -OCH3 is 1. The molecule has 1 N–H and O–H groups in total. The van der Waals surface area contributed by atoms with Crippen LogP contribution < -0.4 is 10.1 Å². The van der Waals surface area contributed by atoms with Gasteiger partial charge in [-0.05, 0) is 30.3 Å². The van der Waals surface area contributed by atoms with Crippen molar-refractivity contribution in [3.8, 4) is 5.75 Å². The second-order valence-corrected chi connectivity index (χ2v) is 5.38. The summed E-state index contributed by atoms with van der Waals surface area (Å²) in [7, 11) is 4.57. The third-order valence-electron chi connectivity index (χ3n) is 3.41. The normalized spacial score (nSPS) is 10.0. The summed E-state index contributed by atoms with van der Waals surface area (Å²) in [5.74, 6) is -0.656. The van der Waals surface area contributed by atoms with Crippen LogP contribution in [0.3, 0.4) is 0 Å². The van der Waals surface area contributed by atoms with E-state index in [1.54, 1.807) is 32.3 Å². The van der Waals surface area contributed by atoms with Gasteiger partial charge in [0.05, 0.1) is 12.0 Å². The van der Waals surface area contributed by atoms with Crippen molar-refractivity contribution in [2.45, 2.75) is 0 Å². The molecule has 0 aliphatic rings. The lowest BCUT2D eigenvalue weighted by Gasteiger charge is -2.12. The highest BCUT2D eigenvalue weighted by atomic mass is 16.6. The van der Waals surface area contributed by atoms with E-state index in [0.29, 0.717) is 11.3 Å².